The standard InChI is InChI=1S/C19H24O/c1-12-3-8-18-17-6-4-13-11-14(20)5-7-15(13)16(17)9-10-19(12,18)2/h5,7,9,11-12,17-18,20H,3-4,6,8,10H2,1-2H3/t12?,17?,18?,19-/m1/s1. The monoisotopic (exact) mass is 268 g/mol. The number of benzene rings is 1. The number of allylic oxidation sites excluding steroid dienone is 2. The Labute approximate surface area is 121 Å². The van der Waals surface area contributed by atoms with E-state index in [2.05, 4.69) is 26.0 Å². The molecule has 106 valence electrons. The minimum absolute atomic E-state index is 0.415. The van der Waals surface area contributed by atoms with Crippen LogP contribution in [0.3, 0.4) is 0 Å². The largest absolute Gasteiger partial charge is 0.508 e. The first kappa shape index (κ1) is 12.5. The molecule has 1 nitrogen and oxygen atoms in total. The molecule has 0 heterocycles. The van der Waals surface area contributed by atoms with Gasteiger partial charge in [-0.3, -0.25) is 0 Å². The van der Waals surface area contributed by atoms with E-state index >= 15 is 0 Å². The van der Waals surface area contributed by atoms with E-state index in [4.69, 9.17) is 0 Å². The van der Waals surface area contributed by atoms with Crippen molar-refractivity contribution in [2.45, 2.75) is 46.0 Å². The van der Waals surface area contributed by atoms with Gasteiger partial charge in [0.15, 0.2) is 0 Å². The summed E-state index contributed by atoms with van der Waals surface area (Å²) in [6.07, 6.45) is 8.99. The molecule has 3 aliphatic rings. The number of hydrogen-bond acceptors (Lipinski definition) is 1. The Balaban J connectivity index is 1.79. The van der Waals surface area contributed by atoms with Crippen LogP contribution in [0, 0.1) is 23.2 Å². The van der Waals surface area contributed by atoms with Crippen molar-refractivity contribution in [3.05, 3.63) is 35.4 Å². The molecule has 4 atom stereocenters. The molecule has 4 rings (SSSR count). The lowest BCUT2D eigenvalue weighted by Crippen LogP contribution is -2.37. The molecule has 0 bridgehead atoms. The van der Waals surface area contributed by atoms with Crippen molar-refractivity contribution in [1.29, 1.82) is 0 Å². The number of hydrogen-bond donors (Lipinski definition) is 1. The Bertz CT molecular complexity index is 585. The Morgan fingerprint density at radius 1 is 1.20 bits per heavy atom. The third-order valence-electron chi connectivity index (χ3n) is 6.66. The third kappa shape index (κ3) is 1.55. The Kier molecular flexibility index (Phi) is 2.58. The fraction of sp³-hybridized carbons (Fsp3) is 0.579. The van der Waals surface area contributed by atoms with Gasteiger partial charge in [-0.05, 0) is 84.1 Å². The van der Waals surface area contributed by atoms with Crippen LogP contribution in [0.1, 0.15) is 50.7 Å². The van der Waals surface area contributed by atoms with Crippen molar-refractivity contribution in [3.63, 3.8) is 0 Å². The molecule has 0 amide bonds. The summed E-state index contributed by atoms with van der Waals surface area (Å²) < 4.78 is 0. The van der Waals surface area contributed by atoms with Crippen LogP contribution in [-0.4, -0.2) is 5.11 Å². The second-order valence-electron chi connectivity index (χ2n) is 7.44. The van der Waals surface area contributed by atoms with Gasteiger partial charge in [0.25, 0.3) is 0 Å². The number of fused-ring (bicyclic) bond motifs is 5. The highest BCUT2D eigenvalue weighted by Crippen LogP contribution is 2.60. The Morgan fingerprint density at radius 3 is 2.90 bits per heavy atom. The van der Waals surface area contributed by atoms with Gasteiger partial charge in [-0.2, -0.15) is 0 Å². The molecule has 1 N–H and O–H groups in total. The van der Waals surface area contributed by atoms with E-state index in [-0.39, 0.29) is 0 Å². The van der Waals surface area contributed by atoms with Crippen molar-refractivity contribution in [2.24, 2.45) is 23.2 Å². The molecule has 1 saturated carbocycles. The molecular formula is C19H24O. The highest BCUT2D eigenvalue weighted by molar-refractivity contribution is 5.73. The van der Waals surface area contributed by atoms with Crippen LogP contribution in [0.5, 0.6) is 5.75 Å². The molecule has 20 heavy (non-hydrogen) atoms. The van der Waals surface area contributed by atoms with Crippen LogP contribution < -0.4 is 0 Å². The lowest BCUT2D eigenvalue weighted by atomic mass is 9.58. The lowest BCUT2D eigenvalue weighted by molar-refractivity contribution is 0.125. The second kappa shape index (κ2) is 4.13. The molecule has 1 aromatic rings. The first-order valence-electron chi connectivity index (χ1n) is 8.12. The Hall–Kier alpha value is -1.24. The van der Waals surface area contributed by atoms with Gasteiger partial charge in [0, 0.05) is 0 Å². The van der Waals surface area contributed by atoms with Crippen LogP contribution in [0.2, 0.25) is 0 Å². The van der Waals surface area contributed by atoms with E-state index in [1.165, 1.54) is 36.8 Å². The third-order valence-corrected chi connectivity index (χ3v) is 6.66. The maximum absolute atomic E-state index is 9.69. The predicted octanol–water partition coefficient (Wildman–Crippen LogP) is 4.79. The molecule has 0 saturated heterocycles. The highest BCUT2D eigenvalue weighted by Gasteiger charge is 2.50. The van der Waals surface area contributed by atoms with Crippen molar-refractivity contribution in [1.82, 2.24) is 0 Å². The van der Waals surface area contributed by atoms with Gasteiger partial charge in [-0.1, -0.05) is 26.0 Å². The van der Waals surface area contributed by atoms with E-state index in [1.54, 1.807) is 5.57 Å². The van der Waals surface area contributed by atoms with Crippen LogP contribution in [0.4, 0.5) is 0 Å². The summed E-state index contributed by atoms with van der Waals surface area (Å²) in [6.45, 7) is 4.97. The summed E-state index contributed by atoms with van der Waals surface area (Å²) in [6, 6.07) is 5.97. The normalized spacial score (nSPS) is 38.7. The highest BCUT2D eigenvalue weighted by atomic mass is 16.3. The van der Waals surface area contributed by atoms with Gasteiger partial charge in [0.2, 0.25) is 0 Å². The maximum atomic E-state index is 9.69. The number of rotatable bonds is 0. The van der Waals surface area contributed by atoms with Gasteiger partial charge >= 0.3 is 0 Å². The summed E-state index contributed by atoms with van der Waals surface area (Å²) in [7, 11) is 0. The van der Waals surface area contributed by atoms with E-state index in [0.29, 0.717) is 11.2 Å². The molecule has 0 spiro atoms. The van der Waals surface area contributed by atoms with Crippen molar-refractivity contribution in [3.8, 4) is 5.75 Å². The van der Waals surface area contributed by atoms with E-state index in [0.717, 1.165) is 24.2 Å². The van der Waals surface area contributed by atoms with Crippen molar-refractivity contribution < 1.29 is 5.11 Å². The second-order valence-corrected chi connectivity index (χ2v) is 7.44. The number of aryl methyl sites for hydroxylation is 1. The smallest absolute Gasteiger partial charge is 0.115 e. The quantitative estimate of drug-likeness (QED) is 0.717. The average Bonchev–Trinajstić information content (AvgIpc) is 2.74. The van der Waals surface area contributed by atoms with E-state index in [1.807, 2.05) is 12.1 Å². The first-order valence-corrected chi connectivity index (χ1v) is 8.12. The molecule has 3 aliphatic carbocycles. The summed E-state index contributed by atoms with van der Waals surface area (Å²) >= 11 is 0. The summed E-state index contributed by atoms with van der Waals surface area (Å²) in [5.41, 5.74) is 4.88. The lowest BCUT2D eigenvalue weighted by Gasteiger charge is -2.46. The number of phenols is 1. The van der Waals surface area contributed by atoms with Crippen LogP contribution in [0.15, 0.2) is 24.3 Å². The molecule has 1 heteroatoms. The molecule has 0 aliphatic heterocycles. The fourth-order valence-electron chi connectivity index (χ4n) is 5.21. The summed E-state index contributed by atoms with van der Waals surface area (Å²) in [5.74, 6) is 2.92. The molecule has 1 aromatic carbocycles. The Morgan fingerprint density at radius 2 is 2.05 bits per heavy atom. The minimum atomic E-state index is 0.415. The molecule has 3 unspecified atom stereocenters. The molecular weight excluding hydrogens is 244 g/mol. The fourth-order valence-corrected chi connectivity index (χ4v) is 5.21. The van der Waals surface area contributed by atoms with Crippen molar-refractivity contribution >= 4 is 5.57 Å². The maximum Gasteiger partial charge on any atom is 0.115 e. The zero-order valence-electron chi connectivity index (χ0n) is 12.5. The summed E-state index contributed by atoms with van der Waals surface area (Å²) in [4.78, 5) is 0. The minimum Gasteiger partial charge on any atom is -0.508 e. The van der Waals surface area contributed by atoms with Crippen LogP contribution in [-0.2, 0) is 6.42 Å². The van der Waals surface area contributed by atoms with Crippen LogP contribution in [0.25, 0.3) is 5.57 Å². The molecule has 1 fully saturated rings. The zero-order chi connectivity index (χ0) is 13.9. The zero-order valence-corrected chi connectivity index (χ0v) is 12.5. The van der Waals surface area contributed by atoms with Crippen molar-refractivity contribution in [2.75, 3.05) is 0 Å². The average molecular weight is 268 g/mol. The van der Waals surface area contributed by atoms with Gasteiger partial charge in [0.1, 0.15) is 5.75 Å². The number of aromatic hydroxyl groups is 1. The van der Waals surface area contributed by atoms with Crippen LogP contribution >= 0.6 is 0 Å². The SMILES string of the molecule is CC1CCC2C3CCc4cc(O)ccc4C3=CC[C@]12C. The van der Waals surface area contributed by atoms with Gasteiger partial charge in [0.05, 0.1) is 0 Å². The van der Waals surface area contributed by atoms with E-state index in [9.17, 15) is 5.11 Å². The van der Waals surface area contributed by atoms with Gasteiger partial charge < -0.3 is 5.11 Å². The summed E-state index contributed by atoms with van der Waals surface area (Å²) in [5, 5.41) is 9.69. The van der Waals surface area contributed by atoms with Gasteiger partial charge in [-0.25, -0.2) is 0 Å². The van der Waals surface area contributed by atoms with E-state index < -0.39 is 0 Å². The molecule has 0 radical (unpaired) electrons. The van der Waals surface area contributed by atoms with Gasteiger partial charge in [-0.15, -0.1) is 0 Å². The first-order chi connectivity index (χ1) is 9.59. The number of phenolic OH excluding ortho intramolecular Hbond substituents is 1. The predicted molar refractivity (Wildman–Crippen MR) is 82.5 cm³/mol. The topological polar surface area (TPSA) is 20.2 Å². The molecule has 0 aromatic heterocycles.